The van der Waals surface area contributed by atoms with Gasteiger partial charge in [0.1, 0.15) is 0 Å². The van der Waals surface area contributed by atoms with E-state index in [1.807, 2.05) is 6.92 Å². The molecule has 0 saturated heterocycles. The van der Waals surface area contributed by atoms with Crippen molar-refractivity contribution in [2.45, 2.75) is 19.4 Å². The largest absolute Gasteiger partial charge is 0.478 e. The van der Waals surface area contributed by atoms with Gasteiger partial charge in [-0.05, 0) is 24.5 Å². The first-order chi connectivity index (χ1) is 7.59. The van der Waals surface area contributed by atoms with Gasteiger partial charge >= 0.3 is 5.97 Å². The van der Waals surface area contributed by atoms with E-state index in [0.717, 1.165) is 6.42 Å². The van der Waals surface area contributed by atoms with Gasteiger partial charge in [-0.25, -0.2) is 4.79 Å². The molecular formula is C12H13NO3. The molecule has 16 heavy (non-hydrogen) atoms. The van der Waals surface area contributed by atoms with Crippen LogP contribution in [0.4, 0.5) is 0 Å². The normalized spacial score (nSPS) is 22.6. The topological polar surface area (TPSA) is 66.4 Å². The van der Waals surface area contributed by atoms with Crippen LogP contribution in [-0.2, 0) is 0 Å². The highest BCUT2D eigenvalue weighted by Gasteiger charge is 2.34. The van der Waals surface area contributed by atoms with Gasteiger partial charge in [-0.2, -0.15) is 0 Å². The second-order valence-electron chi connectivity index (χ2n) is 4.14. The van der Waals surface area contributed by atoms with E-state index >= 15 is 0 Å². The zero-order valence-corrected chi connectivity index (χ0v) is 8.93. The molecule has 0 aromatic heterocycles. The van der Waals surface area contributed by atoms with Crippen LogP contribution < -0.4 is 5.32 Å². The molecular weight excluding hydrogens is 206 g/mol. The third-order valence-corrected chi connectivity index (χ3v) is 2.83. The van der Waals surface area contributed by atoms with Crippen molar-refractivity contribution in [1.82, 2.24) is 5.32 Å². The number of nitrogens with one attached hydrogen (secondary N) is 1. The van der Waals surface area contributed by atoms with Crippen LogP contribution >= 0.6 is 0 Å². The fourth-order valence-electron chi connectivity index (χ4n) is 1.64. The van der Waals surface area contributed by atoms with Gasteiger partial charge < -0.3 is 10.4 Å². The monoisotopic (exact) mass is 219 g/mol. The van der Waals surface area contributed by atoms with Crippen molar-refractivity contribution in [3.63, 3.8) is 0 Å². The Kier molecular flexibility index (Phi) is 2.64. The van der Waals surface area contributed by atoms with Gasteiger partial charge in [0.15, 0.2) is 0 Å². The number of hydrogen-bond acceptors (Lipinski definition) is 2. The van der Waals surface area contributed by atoms with E-state index in [9.17, 15) is 9.59 Å². The van der Waals surface area contributed by atoms with E-state index in [1.165, 1.54) is 12.1 Å². The molecule has 0 spiro atoms. The molecule has 2 rings (SSSR count). The van der Waals surface area contributed by atoms with Crippen molar-refractivity contribution in [1.29, 1.82) is 0 Å². The molecule has 1 aromatic carbocycles. The minimum atomic E-state index is -1.07. The Morgan fingerprint density at radius 2 is 1.88 bits per heavy atom. The summed E-state index contributed by atoms with van der Waals surface area (Å²) in [6, 6.07) is 6.45. The first kappa shape index (κ1) is 10.7. The number of hydrogen-bond donors (Lipinski definition) is 2. The lowest BCUT2D eigenvalue weighted by atomic mass is 10.1. The van der Waals surface area contributed by atoms with Crippen LogP contribution in [0, 0.1) is 5.92 Å². The van der Waals surface area contributed by atoms with Crippen LogP contribution in [-0.4, -0.2) is 23.0 Å². The number of carbonyl (C=O) groups is 2. The van der Waals surface area contributed by atoms with Crippen molar-refractivity contribution in [3.05, 3.63) is 35.4 Å². The Bertz CT molecular complexity index is 442. The number of rotatable bonds is 3. The highest BCUT2D eigenvalue weighted by molar-refractivity contribution is 6.04. The summed E-state index contributed by atoms with van der Waals surface area (Å²) in [5.41, 5.74) is 0.280. The van der Waals surface area contributed by atoms with Crippen LogP contribution in [0.1, 0.15) is 34.1 Å². The Morgan fingerprint density at radius 3 is 2.38 bits per heavy atom. The van der Waals surface area contributed by atoms with Gasteiger partial charge in [-0.1, -0.05) is 19.1 Å². The molecule has 4 nitrogen and oxygen atoms in total. The molecule has 2 atom stereocenters. The number of carboxylic acids is 1. The number of benzene rings is 1. The molecule has 0 heterocycles. The Labute approximate surface area is 93.3 Å². The lowest BCUT2D eigenvalue weighted by Gasteiger charge is -2.06. The molecule has 2 unspecified atom stereocenters. The van der Waals surface area contributed by atoms with Crippen molar-refractivity contribution in [3.8, 4) is 0 Å². The predicted octanol–water partition coefficient (Wildman–Crippen LogP) is 1.52. The lowest BCUT2D eigenvalue weighted by molar-refractivity contribution is 0.0691. The first-order valence-corrected chi connectivity index (χ1v) is 5.23. The van der Waals surface area contributed by atoms with Crippen LogP contribution in [0.25, 0.3) is 0 Å². The maximum Gasteiger partial charge on any atom is 0.336 e. The van der Waals surface area contributed by atoms with Gasteiger partial charge in [0, 0.05) is 6.04 Å². The Morgan fingerprint density at radius 1 is 1.31 bits per heavy atom. The van der Waals surface area contributed by atoms with Gasteiger partial charge in [-0.3, -0.25) is 4.79 Å². The average Bonchev–Trinajstić information content (AvgIpc) is 2.94. The highest BCUT2D eigenvalue weighted by Crippen LogP contribution is 2.29. The lowest BCUT2D eigenvalue weighted by Crippen LogP contribution is -2.28. The van der Waals surface area contributed by atoms with E-state index in [0.29, 0.717) is 5.92 Å². The quantitative estimate of drug-likeness (QED) is 0.810. The zero-order valence-electron chi connectivity index (χ0n) is 8.93. The van der Waals surface area contributed by atoms with E-state index in [2.05, 4.69) is 5.32 Å². The second-order valence-corrected chi connectivity index (χ2v) is 4.14. The summed E-state index contributed by atoms with van der Waals surface area (Å²) in [4.78, 5) is 22.7. The third kappa shape index (κ3) is 2.05. The Balaban J connectivity index is 2.19. The molecule has 0 bridgehead atoms. The summed E-state index contributed by atoms with van der Waals surface area (Å²) in [5.74, 6) is -0.872. The molecule has 1 fully saturated rings. The fourth-order valence-corrected chi connectivity index (χ4v) is 1.64. The van der Waals surface area contributed by atoms with Crippen molar-refractivity contribution >= 4 is 11.9 Å². The van der Waals surface area contributed by atoms with Crippen molar-refractivity contribution in [2.24, 2.45) is 5.92 Å². The van der Waals surface area contributed by atoms with Gasteiger partial charge in [0.25, 0.3) is 5.91 Å². The van der Waals surface area contributed by atoms with Crippen LogP contribution in [0.3, 0.4) is 0 Å². The molecule has 0 radical (unpaired) electrons. The van der Waals surface area contributed by atoms with Crippen LogP contribution in [0.5, 0.6) is 0 Å². The number of carboxylic acid groups (broad SMARTS) is 1. The smallest absolute Gasteiger partial charge is 0.336 e. The summed E-state index contributed by atoms with van der Waals surface area (Å²) < 4.78 is 0. The molecule has 4 heteroatoms. The van der Waals surface area contributed by atoms with E-state index in [-0.39, 0.29) is 23.1 Å². The van der Waals surface area contributed by atoms with Gasteiger partial charge in [0.05, 0.1) is 11.1 Å². The van der Waals surface area contributed by atoms with E-state index in [1.54, 1.807) is 12.1 Å². The molecule has 1 aliphatic carbocycles. The summed E-state index contributed by atoms with van der Waals surface area (Å²) in [6.45, 7) is 2.05. The molecule has 2 N–H and O–H groups in total. The van der Waals surface area contributed by atoms with Crippen molar-refractivity contribution in [2.75, 3.05) is 0 Å². The van der Waals surface area contributed by atoms with Gasteiger partial charge in [0.2, 0.25) is 0 Å². The fraction of sp³-hybridized carbons (Fsp3) is 0.333. The summed E-state index contributed by atoms with van der Waals surface area (Å²) in [6.07, 6.45) is 0.973. The van der Waals surface area contributed by atoms with E-state index in [4.69, 9.17) is 5.11 Å². The molecule has 1 aromatic rings. The number of aromatic carboxylic acids is 1. The van der Waals surface area contributed by atoms with Crippen LogP contribution in [0.2, 0.25) is 0 Å². The summed E-state index contributed by atoms with van der Waals surface area (Å²) in [7, 11) is 0. The van der Waals surface area contributed by atoms with Gasteiger partial charge in [-0.15, -0.1) is 0 Å². The standard InChI is InChI=1S/C12H13NO3/c1-7-6-10(7)13-11(14)8-4-2-3-5-9(8)12(15)16/h2-5,7,10H,6H2,1H3,(H,13,14)(H,15,16). The zero-order chi connectivity index (χ0) is 11.7. The number of carbonyl (C=O) groups excluding carboxylic acids is 1. The maximum atomic E-state index is 11.8. The minimum absolute atomic E-state index is 0.0494. The molecule has 0 aliphatic heterocycles. The minimum Gasteiger partial charge on any atom is -0.478 e. The predicted molar refractivity (Wildman–Crippen MR) is 58.4 cm³/mol. The molecule has 1 saturated carbocycles. The number of amides is 1. The SMILES string of the molecule is CC1CC1NC(=O)c1ccccc1C(=O)O. The molecule has 84 valence electrons. The van der Waals surface area contributed by atoms with Crippen molar-refractivity contribution < 1.29 is 14.7 Å². The van der Waals surface area contributed by atoms with E-state index < -0.39 is 5.97 Å². The maximum absolute atomic E-state index is 11.8. The first-order valence-electron chi connectivity index (χ1n) is 5.23. The third-order valence-electron chi connectivity index (χ3n) is 2.83. The second kappa shape index (κ2) is 3.96. The average molecular weight is 219 g/mol. The Hall–Kier alpha value is -1.84. The molecule has 1 amide bonds. The molecule has 1 aliphatic rings. The summed E-state index contributed by atoms with van der Waals surface area (Å²) in [5, 5.41) is 11.7. The highest BCUT2D eigenvalue weighted by atomic mass is 16.4. The summed E-state index contributed by atoms with van der Waals surface area (Å²) >= 11 is 0. The van der Waals surface area contributed by atoms with Crippen LogP contribution in [0.15, 0.2) is 24.3 Å².